The highest BCUT2D eigenvalue weighted by molar-refractivity contribution is 5.98. The summed E-state index contributed by atoms with van der Waals surface area (Å²) in [7, 11) is 0. The van der Waals surface area contributed by atoms with Crippen molar-refractivity contribution in [3.63, 3.8) is 0 Å². The zero-order chi connectivity index (χ0) is 24.4. The third-order valence-electron chi connectivity index (χ3n) is 5.74. The number of nitrogens with zero attached hydrogens (tertiary/aromatic N) is 1. The van der Waals surface area contributed by atoms with E-state index >= 15 is 0 Å². The fraction of sp³-hybridized carbons (Fsp3) is 0.308. The number of carbonyl (C=O) groups excluding carboxylic acids is 3. The predicted octanol–water partition coefficient (Wildman–Crippen LogP) is 2.93. The SMILES string of the molecule is Cc1ncc(C2(C(N)=O)C=CC=C(C(N)=O)C2)cc1-c1ccc(C(=O)NCC(C)(C)C)cc1. The van der Waals surface area contributed by atoms with E-state index in [1.165, 1.54) is 0 Å². The van der Waals surface area contributed by atoms with E-state index < -0.39 is 17.2 Å². The van der Waals surface area contributed by atoms with Crippen LogP contribution in [0.3, 0.4) is 0 Å². The number of amides is 3. The maximum Gasteiger partial charge on any atom is 0.251 e. The minimum Gasteiger partial charge on any atom is -0.369 e. The molecule has 0 saturated heterocycles. The molecule has 3 amide bonds. The Bertz CT molecular complexity index is 1160. The van der Waals surface area contributed by atoms with E-state index in [1.54, 1.807) is 36.6 Å². The van der Waals surface area contributed by atoms with E-state index in [1.807, 2.05) is 25.1 Å². The van der Waals surface area contributed by atoms with Crippen molar-refractivity contribution in [3.05, 3.63) is 77.2 Å². The number of benzene rings is 1. The smallest absolute Gasteiger partial charge is 0.251 e. The maximum atomic E-state index is 12.5. The molecule has 1 aromatic carbocycles. The molecule has 1 aromatic heterocycles. The molecule has 7 heteroatoms. The summed E-state index contributed by atoms with van der Waals surface area (Å²) in [6.45, 7) is 8.61. The third kappa shape index (κ3) is 5.19. The number of nitrogens with two attached hydrogens (primary N) is 2. The van der Waals surface area contributed by atoms with Gasteiger partial charge in [0.25, 0.3) is 5.91 Å². The quantitative estimate of drug-likeness (QED) is 0.630. The maximum absolute atomic E-state index is 12.5. The van der Waals surface area contributed by atoms with Crippen molar-refractivity contribution in [2.75, 3.05) is 6.54 Å². The number of pyridine rings is 1. The summed E-state index contributed by atoms with van der Waals surface area (Å²) in [5.41, 5.74) is 13.9. The monoisotopic (exact) mass is 446 g/mol. The van der Waals surface area contributed by atoms with Crippen LogP contribution in [0.1, 0.15) is 48.8 Å². The number of allylic oxidation sites excluding steroid dienone is 2. The number of carbonyl (C=O) groups is 3. The highest BCUT2D eigenvalue weighted by Gasteiger charge is 2.39. The van der Waals surface area contributed by atoms with Crippen LogP contribution in [0.5, 0.6) is 0 Å². The first-order chi connectivity index (χ1) is 15.4. The average molecular weight is 447 g/mol. The first kappa shape index (κ1) is 23.9. The highest BCUT2D eigenvalue weighted by atomic mass is 16.2. The molecule has 0 fully saturated rings. The third-order valence-corrected chi connectivity index (χ3v) is 5.74. The molecule has 2 aromatic rings. The number of aryl methyl sites for hydroxylation is 1. The minimum atomic E-state index is -1.22. The number of nitrogens with one attached hydrogen (secondary N) is 1. The van der Waals surface area contributed by atoms with Crippen LogP contribution in [0.25, 0.3) is 11.1 Å². The molecule has 1 atom stereocenters. The van der Waals surface area contributed by atoms with Crippen LogP contribution >= 0.6 is 0 Å². The number of primary amides is 2. The Balaban J connectivity index is 1.94. The van der Waals surface area contributed by atoms with Gasteiger partial charge < -0.3 is 16.8 Å². The molecule has 0 saturated carbocycles. The number of aromatic nitrogens is 1. The molecule has 0 radical (unpaired) electrons. The van der Waals surface area contributed by atoms with Gasteiger partial charge in [0.05, 0.1) is 5.41 Å². The average Bonchev–Trinajstić information content (AvgIpc) is 2.77. The molecule has 3 rings (SSSR count). The molecule has 1 aliphatic rings. The molecular weight excluding hydrogens is 416 g/mol. The summed E-state index contributed by atoms with van der Waals surface area (Å²) in [5.74, 6) is -1.32. The van der Waals surface area contributed by atoms with Gasteiger partial charge in [0.1, 0.15) is 0 Å². The number of rotatable bonds is 6. The van der Waals surface area contributed by atoms with Crippen LogP contribution < -0.4 is 16.8 Å². The van der Waals surface area contributed by atoms with Crippen molar-refractivity contribution in [2.24, 2.45) is 16.9 Å². The number of hydrogen-bond donors (Lipinski definition) is 3. The molecule has 7 nitrogen and oxygen atoms in total. The lowest BCUT2D eigenvalue weighted by Crippen LogP contribution is -2.42. The molecule has 0 aliphatic heterocycles. The fourth-order valence-electron chi connectivity index (χ4n) is 3.74. The molecular formula is C26H30N4O3. The van der Waals surface area contributed by atoms with Gasteiger partial charge in [-0.1, -0.05) is 51.1 Å². The van der Waals surface area contributed by atoms with Crippen LogP contribution in [0.2, 0.25) is 0 Å². The Labute approximate surface area is 194 Å². The normalized spacial score (nSPS) is 17.9. The topological polar surface area (TPSA) is 128 Å². The molecule has 172 valence electrons. The van der Waals surface area contributed by atoms with Gasteiger partial charge in [0, 0.05) is 35.1 Å². The second-order valence-corrected chi connectivity index (χ2v) is 9.61. The second kappa shape index (κ2) is 9.02. The summed E-state index contributed by atoms with van der Waals surface area (Å²) in [6, 6.07) is 9.08. The van der Waals surface area contributed by atoms with E-state index in [-0.39, 0.29) is 17.7 Å². The molecule has 5 N–H and O–H groups in total. The zero-order valence-corrected chi connectivity index (χ0v) is 19.4. The summed E-state index contributed by atoms with van der Waals surface area (Å²) in [6.07, 6.45) is 6.58. The summed E-state index contributed by atoms with van der Waals surface area (Å²) in [4.78, 5) is 41.2. The largest absolute Gasteiger partial charge is 0.369 e. The van der Waals surface area contributed by atoms with Gasteiger partial charge in [-0.15, -0.1) is 0 Å². The highest BCUT2D eigenvalue weighted by Crippen LogP contribution is 2.37. The van der Waals surface area contributed by atoms with Gasteiger partial charge in [0.15, 0.2) is 0 Å². The Kier molecular flexibility index (Phi) is 6.53. The molecule has 1 aliphatic carbocycles. The van der Waals surface area contributed by atoms with Gasteiger partial charge in [-0.25, -0.2) is 0 Å². The van der Waals surface area contributed by atoms with Gasteiger partial charge in [-0.3, -0.25) is 19.4 Å². The van der Waals surface area contributed by atoms with Crippen molar-refractivity contribution in [3.8, 4) is 11.1 Å². The Hall–Kier alpha value is -3.74. The Morgan fingerprint density at radius 2 is 1.79 bits per heavy atom. The Morgan fingerprint density at radius 3 is 2.36 bits per heavy atom. The van der Waals surface area contributed by atoms with Gasteiger partial charge in [0.2, 0.25) is 11.8 Å². The van der Waals surface area contributed by atoms with Crippen molar-refractivity contribution < 1.29 is 14.4 Å². The molecule has 1 unspecified atom stereocenters. The minimum absolute atomic E-state index is 0.00760. The summed E-state index contributed by atoms with van der Waals surface area (Å²) < 4.78 is 0. The van der Waals surface area contributed by atoms with Crippen LogP contribution in [0.15, 0.2) is 60.3 Å². The first-order valence-corrected chi connectivity index (χ1v) is 10.8. The van der Waals surface area contributed by atoms with Crippen molar-refractivity contribution in [1.29, 1.82) is 0 Å². The summed E-state index contributed by atoms with van der Waals surface area (Å²) in [5, 5.41) is 2.94. The van der Waals surface area contributed by atoms with Gasteiger partial charge in [-0.05, 0) is 48.1 Å². The standard InChI is InChI=1S/C26H30N4O3/c1-16-21(17-7-9-18(10-8-17)23(32)30-15-25(2,3)4)12-20(14-29-16)26(24(28)33)11-5-6-19(13-26)22(27)31/h5-12,14H,13,15H2,1-4H3,(H2,27,31)(H2,28,33)(H,30,32). The van der Waals surface area contributed by atoms with Crippen molar-refractivity contribution in [1.82, 2.24) is 10.3 Å². The molecule has 0 spiro atoms. The van der Waals surface area contributed by atoms with Crippen LogP contribution in [-0.4, -0.2) is 29.3 Å². The van der Waals surface area contributed by atoms with Crippen LogP contribution in [0.4, 0.5) is 0 Å². The molecule has 33 heavy (non-hydrogen) atoms. The van der Waals surface area contributed by atoms with Crippen LogP contribution in [0, 0.1) is 12.3 Å². The summed E-state index contributed by atoms with van der Waals surface area (Å²) >= 11 is 0. The van der Waals surface area contributed by atoms with E-state index in [0.717, 1.165) is 16.8 Å². The lowest BCUT2D eigenvalue weighted by Gasteiger charge is -2.30. The fourth-order valence-corrected chi connectivity index (χ4v) is 3.74. The van der Waals surface area contributed by atoms with Crippen molar-refractivity contribution in [2.45, 2.75) is 39.5 Å². The van der Waals surface area contributed by atoms with Crippen LogP contribution in [-0.2, 0) is 15.0 Å². The number of hydrogen-bond acceptors (Lipinski definition) is 4. The lowest BCUT2D eigenvalue weighted by molar-refractivity contribution is -0.122. The van der Waals surface area contributed by atoms with Gasteiger partial charge in [-0.2, -0.15) is 0 Å². The first-order valence-electron chi connectivity index (χ1n) is 10.8. The van der Waals surface area contributed by atoms with E-state index in [9.17, 15) is 14.4 Å². The lowest BCUT2D eigenvalue weighted by atomic mass is 9.72. The second-order valence-electron chi connectivity index (χ2n) is 9.61. The van der Waals surface area contributed by atoms with Crippen molar-refractivity contribution >= 4 is 17.7 Å². The molecule has 1 heterocycles. The zero-order valence-electron chi connectivity index (χ0n) is 19.4. The van der Waals surface area contributed by atoms with Gasteiger partial charge >= 0.3 is 0 Å². The van der Waals surface area contributed by atoms with E-state index in [0.29, 0.717) is 23.2 Å². The van der Waals surface area contributed by atoms with E-state index in [4.69, 9.17) is 11.5 Å². The van der Waals surface area contributed by atoms with E-state index in [2.05, 4.69) is 31.1 Å². The Morgan fingerprint density at radius 1 is 1.12 bits per heavy atom. The molecule has 0 bridgehead atoms. The predicted molar refractivity (Wildman–Crippen MR) is 128 cm³/mol.